The number of hydrogen-bond donors (Lipinski definition) is 2. The third-order valence-electron chi connectivity index (χ3n) is 4.08. The molecule has 0 unspecified atom stereocenters. The summed E-state index contributed by atoms with van der Waals surface area (Å²) in [6, 6.07) is 10.0. The van der Waals surface area contributed by atoms with E-state index >= 15 is 0 Å². The lowest BCUT2D eigenvalue weighted by Gasteiger charge is -2.08. The lowest BCUT2D eigenvalue weighted by Crippen LogP contribution is -2.17. The quantitative estimate of drug-likeness (QED) is 0.685. The van der Waals surface area contributed by atoms with Gasteiger partial charge in [-0.3, -0.25) is 9.25 Å². The maximum absolute atomic E-state index is 9.09. The minimum Gasteiger partial charge on any atom is -0.394 e. The Kier molecular flexibility index (Phi) is 5.02. The van der Waals surface area contributed by atoms with Crippen LogP contribution in [-0.4, -0.2) is 36.3 Å². The van der Waals surface area contributed by atoms with Gasteiger partial charge in [0.2, 0.25) is 0 Å². The summed E-state index contributed by atoms with van der Waals surface area (Å²) < 4.78 is 3.82. The molecule has 7 nitrogen and oxygen atoms in total. The summed E-state index contributed by atoms with van der Waals surface area (Å²) in [6.07, 6.45) is 1.72. The van der Waals surface area contributed by atoms with Gasteiger partial charge in [-0.15, -0.1) is 10.2 Å². The van der Waals surface area contributed by atoms with Crippen LogP contribution in [0.5, 0.6) is 0 Å². The van der Waals surface area contributed by atoms with Crippen molar-refractivity contribution in [1.29, 1.82) is 0 Å². The SMILES string of the molecule is Cc1nn(CCO)c(C)c1CNCc1nncn1-c1ccccc1. The van der Waals surface area contributed by atoms with Gasteiger partial charge in [-0.2, -0.15) is 5.10 Å². The molecule has 0 aliphatic carbocycles. The number of aromatic nitrogens is 5. The summed E-state index contributed by atoms with van der Waals surface area (Å²) in [7, 11) is 0. The topological polar surface area (TPSA) is 80.8 Å². The van der Waals surface area contributed by atoms with E-state index in [1.165, 1.54) is 0 Å². The highest BCUT2D eigenvalue weighted by Crippen LogP contribution is 2.13. The average molecular weight is 326 g/mol. The Bertz CT molecular complexity index is 793. The Labute approximate surface area is 141 Å². The van der Waals surface area contributed by atoms with Gasteiger partial charge in [-0.25, -0.2) is 0 Å². The van der Waals surface area contributed by atoms with Crippen LogP contribution in [0.1, 0.15) is 22.8 Å². The molecule has 2 aromatic heterocycles. The molecular formula is C17H22N6O. The summed E-state index contributed by atoms with van der Waals surface area (Å²) >= 11 is 0. The molecule has 0 aliphatic rings. The summed E-state index contributed by atoms with van der Waals surface area (Å²) in [6.45, 7) is 5.94. The van der Waals surface area contributed by atoms with Crippen molar-refractivity contribution in [3.8, 4) is 5.69 Å². The zero-order chi connectivity index (χ0) is 16.9. The number of nitrogens with one attached hydrogen (secondary N) is 1. The fourth-order valence-corrected chi connectivity index (χ4v) is 2.79. The molecule has 0 saturated carbocycles. The summed E-state index contributed by atoms with van der Waals surface area (Å²) in [5.74, 6) is 0.860. The number of para-hydroxylation sites is 1. The summed E-state index contributed by atoms with van der Waals surface area (Å²) in [5.41, 5.74) is 4.27. The second-order valence-electron chi connectivity index (χ2n) is 5.65. The smallest absolute Gasteiger partial charge is 0.151 e. The molecule has 3 aromatic rings. The summed E-state index contributed by atoms with van der Waals surface area (Å²) in [5, 5.41) is 25.2. The average Bonchev–Trinajstić information content (AvgIpc) is 3.16. The van der Waals surface area contributed by atoms with E-state index in [9.17, 15) is 0 Å². The van der Waals surface area contributed by atoms with Crippen LogP contribution >= 0.6 is 0 Å². The minimum absolute atomic E-state index is 0.0923. The van der Waals surface area contributed by atoms with Crippen molar-refractivity contribution in [2.75, 3.05) is 6.61 Å². The van der Waals surface area contributed by atoms with Gasteiger partial charge in [-0.05, 0) is 26.0 Å². The monoisotopic (exact) mass is 326 g/mol. The van der Waals surface area contributed by atoms with E-state index in [0.29, 0.717) is 19.6 Å². The third-order valence-corrected chi connectivity index (χ3v) is 4.08. The van der Waals surface area contributed by atoms with Gasteiger partial charge in [0.15, 0.2) is 5.82 Å². The molecule has 7 heteroatoms. The molecule has 0 spiro atoms. The van der Waals surface area contributed by atoms with E-state index in [2.05, 4.69) is 20.6 Å². The van der Waals surface area contributed by atoms with Crippen LogP contribution in [0.4, 0.5) is 0 Å². The van der Waals surface area contributed by atoms with E-state index in [4.69, 9.17) is 5.11 Å². The number of nitrogens with zero attached hydrogens (tertiary/aromatic N) is 5. The fourth-order valence-electron chi connectivity index (χ4n) is 2.79. The second-order valence-corrected chi connectivity index (χ2v) is 5.65. The number of rotatable bonds is 7. The van der Waals surface area contributed by atoms with Crippen molar-refractivity contribution in [2.45, 2.75) is 33.5 Å². The first kappa shape index (κ1) is 16.4. The predicted octanol–water partition coefficient (Wildman–Crippen LogP) is 1.36. The van der Waals surface area contributed by atoms with Gasteiger partial charge >= 0.3 is 0 Å². The van der Waals surface area contributed by atoms with Crippen molar-refractivity contribution >= 4 is 0 Å². The lowest BCUT2D eigenvalue weighted by atomic mass is 10.2. The number of aliphatic hydroxyl groups excluding tert-OH is 1. The van der Waals surface area contributed by atoms with Gasteiger partial charge in [-0.1, -0.05) is 18.2 Å². The minimum atomic E-state index is 0.0923. The fraction of sp³-hybridized carbons (Fsp3) is 0.353. The molecule has 0 fully saturated rings. The highest BCUT2D eigenvalue weighted by atomic mass is 16.3. The molecule has 24 heavy (non-hydrogen) atoms. The highest BCUT2D eigenvalue weighted by molar-refractivity contribution is 5.32. The number of aliphatic hydroxyl groups is 1. The maximum Gasteiger partial charge on any atom is 0.151 e. The molecule has 0 radical (unpaired) electrons. The predicted molar refractivity (Wildman–Crippen MR) is 90.7 cm³/mol. The number of benzene rings is 1. The van der Waals surface area contributed by atoms with E-state index in [1.807, 2.05) is 53.4 Å². The molecule has 0 saturated heterocycles. The normalized spacial score (nSPS) is 11.1. The van der Waals surface area contributed by atoms with Crippen molar-refractivity contribution in [3.63, 3.8) is 0 Å². The highest BCUT2D eigenvalue weighted by Gasteiger charge is 2.12. The summed E-state index contributed by atoms with van der Waals surface area (Å²) in [4.78, 5) is 0. The molecule has 3 rings (SSSR count). The van der Waals surface area contributed by atoms with Crippen molar-refractivity contribution in [1.82, 2.24) is 29.9 Å². The van der Waals surface area contributed by atoms with E-state index < -0.39 is 0 Å². The van der Waals surface area contributed by atoms with E-state index in [1.54, 1.807) is 6.33 Å². The molecule has 0 bridgehead atoms. The molecule has 0 aliphatic heterocycles. The van der Waals surface area contributed by atoms with Crippen LogP contribution in [0.2, 0.25) is 0 Å². The van der Waals surface area contributed by atoms with Gasteiger partial charge in [0, 0.05) is 23.5 Å². The Morgan fingerprint density at radius 3 is 2.67 bits per heavy atom. The lowest BCUT2D eigenvalue weighted by molar-refractivity contribution is 0.267. The van der Waals surface area contributed by atoms with Gasteiger partial charge in [0.25, 0.3) is 0 Å². The molecule has 2 N–H and O–H groups in total. The largest absolute Gasteiger partial charge is 0.394 e. The van der Waals surface area contributed by atoms with Crippen LogP contribution in [0.15, 0.2) is 36.7 Å². The zero-order valence-corrected chi connectivity index (χ0v) is 14.0. The first-order chi connectivity index (χ1) is 11.7. The third kappa shape index (κ3) is 3.37. The van der Waals surface area contributed by atoms with Crippen LogP contribution in [0.3, 0.4) is 0 Å². The van der Waals surface area contributed by atoms with Crippen LogP contribution < -0.4 is 5.32 Å². The molecule has 126 valence electrons. The Balaban J connectivity index is 1.67. The first-order valence-corrected chi connectivity index (χ1v) is 7.99. The second kappa shape index (κ2) is 7.37. The van der Waals surface area contributed by atoms with E-state index in [0.717, 1.165) is 28.5 Å². The first-order valence-electron chi connectivity index (χ1n) is 7.99. The number of hydrogen-bond acceptors (Lipinski definition) is 5. The van der Waals surface area contributed by atoms with Crippen LogP contribution in [0, 0.1) is 13.8 Å². The van der Waals surface area contributed by atoms with Crippen LogP contribution in [-0.2, 0) is 19.6 Å². The van der Waals surface area contributed by atoms with Crippen molar-refractivity contribution in [2.24, 2.45) is 0 Å². The van der Waals surface area contributed by atoms with Gasteiger partial charge in [0.05, 0.1) is 25.4 Å². The van der Waals surface area contributed by atoms with E-state index in [-0.39, 0.29) is 6.61 Å². The molecular weight excluding hydrogens is 304 g/mol. The molecule has 0 atom stereocenters. The van der Waals surface area contributed by atoms with Gasteiger partial charge < -0.3 is 10.4 Å². The molecule has 0 amide bonds. The zero-order valence-electron chi connectivity index (χ0n) is 14.0. The Hall–Kier alpha value is -2.51. The van der Waals surface area contributed by atoms with Crippen molar-refractivity contribution < 1.29 is 5.11 Å². The van der Waals surface area contributed by atoms with Gasteiger partial charge in [0.1, 0.15) is 6.33 Å². The van der Waals surface area contributed by atoms with Crippen LogP contribution in [0.25, 0.3) is 5.69 Å². The Morgan fingerprint density at radius 1 is 1.12 bits per heavy atom. The number of aryl methyl sites for hydroxylation is 1. The Morgan fingerprint density at radius 2 is 1.92 bits per heavy atom. The molecule has 1 aromatic carbocycles. The molecule has 2 heterocycles. The van der Waals surface area contributed by atoms with Crippen molar-refractivity contribution in [3.05, 3.63) is 59.4 Å². The standard InChI is InChI=1S/C17H22N6O/c1-13-16(14(2)23(21-13)8-9-24)10-18-11-17-20-19-12-22(17)15-6-4-3-5-7-15/h3-7,12,18,24H,8-11H2,1-2H3. The maximum atomic E-state index is 9.09.